The minimum Gasteiger partial charge on any atom is -0.326 e. The average molecular weight is 195 g/mol. The molecule has 0 saturated heterocycles. The highest BCUT2D eigenvalue weighted by molar-refractivity contribution is 5.21. The van der Waals surface area contributed by atoms with E-state index >= 15 is 0 Å². The van der Waals surface area contributed by atoms with Crippen LogP contribution in [-0.2, 0) is 6.54 Å². The lowest BCUT2D eigenvalue weighted by molar-refractivity contribution is 0.451. The number of hydrogen-bond donors (Lipinski definition) is 1. The lowest BCUT2D eigenvalue weighted by Crippen LogP contribution is -2.12. The van der Waals surface area contributed by atoms with Crippen molar-refractivity contribution in [1.29, 1.82) is 0 Å². The molecular weight excluding hydrogens is 174 g/mol. The van der Waals surface area contributed by atoms with Crippen LogP contribution >= 0.6 is 0 Å². The first-order chi connectivity index (χ1) is 6.61. The van der Waals surface area contributed by atoms with Gasteiger partial charge in [0.15, 0.2) is 0 Å². The molecule has 80 valence electrons. The van der Waals surface area contributed by atoms with Crippen molar-refractivity contribution in [3.8, 4) is 0 Å². The summed E-state index contributed by atoms with van der Waals surface area (Å²) in [6, 6.07) is 0.465. The van der Waals surface area contributed by atoms with Crippen LogP contribution in [0, 0.1) is 0 Å². The molecule has 0 aliphatic heterocycles. The van der Waals surface area contributed by atoms with Gasteiger partial charge in [-0.05, 0) is 19.3 Å². The minimum atomic E-state index is 0.465. The summed E-state index contributed by atoms with van der Waals surface area (Å²) in [6.45, 7) is 9.34. The normalized spacial score (nSPS) is 13.6. The van der Waals surface area contributed by atoms with Crippen molar-refractivity contribution in [1.82, 2.24) is 9.78 Å². The second kappa shape index (κ2) is 4.60. The van der Waals surface area contributed by atoms with Gasteiger partial charge in [-0.1, -0.05) is 20.8 Å². The highest BCUT2D eigenvalue weighted by Gasteiger charge is 2.15. The topological polar surface area (TPSA) is 43.8 Å². The molecule has 1 aromatic heterocycles. The predicted octanol–water partition coefficient (Wildman–Crippen LogP) is 2.44. The van der Waals surface area contributed by atoms with E-state index < -0.39 is 0 Å². The molecule has 3 heteroatoms. The molecule has 0 amide bonds. The van der Waals surface area contributed by atoms with E-state index in [4.69, 9.17) is 5.73 Å². The largest absolute Gasteiger partial charge is 0.326 e. The molecule has 1 atom stereocenters. The zero-order valence-corrected chi connectivity index (χ0v) is 9.62. The Morgan fingerprint density at radius 2 is 2.07 bits per heavy atom. The summed E-state index contributed by atoms with van der Waals surface area (Å²) in [4.78, 5) is 0. The van der Waals surface area contributed by atoms with Gasteiger partial charge in [0.2, 0.25) is 0 Å². The maximum absolute atomic E-state index is 5.69. The third-order valence-corrected chi connectivity index (χ3v) is 2.69. The van der Waals surface area contributed by atoms with Gasteiger partial charge in [0, 0.05) is 23.8 Å². The van der Waals surface area contributed by atoms with Crippen LogP contribution in [0.4, 0.5) is 0 Å². The average Bonchev–Trinajstić information content (AvgIpc) is 2.59. The molecule has 0 saturated carbocycles. The van der Waals surface area contributed by atoms with E-state index in [1.165, 1.54) is 11.3 Å². The monoisotopic (exact) mass is 195 g/mol. The summed E-state index contributed by atoms with van der Waals surface area (Å²) < 4.78 is 2.12. The number of rotatable bonds is 4. The highest BCUT2D eigenvalue weighted by atomic mass is 15.3. The molecule has 0 aliphatic rings. The van der Waals surface area contributed by atoms with Crippen molar-refractivity contribution in [2.24, 2.45) is 5.73 Å². The van der Waals surface area contributed by atoms with Gasteiger partial charge in [0.05, 0.1) is 6.20 Å². The van der Waals surface area contributed by atoms with Crippen molar-refractivity contribution in [2.75, 3.05) is 0 Å². The number of nitrogens with zero attached hydrogens (tertiary/aromatic N) is 2. The molecule has 0 bridgehead atoms. The molecular formula is C11H21N3. The summed E-state index contributed by atoms with van der Waals surface area (Å²) in [5.74, 6) is 0.491. The number of nitrogens with two attached hydrogens (primary N) is 1. The summed E-state index contributed by atoms with van der Waals surface area (Å²) in [7, 11) is 0. The molecule has 0 aromatic carbocycles. The van der Waals surface area contributed by atoms with Gasteiger partial charge in [-0.3, -0.25) is 4.68 Å². The van der Waals surface area contributed by atoms with Crippen molar-refractivity contribution in [3.05, 3.63) is 17.5 Å². The van der Waals surface area contributed by atoms with Crippen LogP contribution in [0.25, 0.3) is 0 Å². The van der Waals surface area contributed by atoms with Gasteiger partial charge in [-0.2, -0.15) is 5.10 Å². The lowest BCUT2D eigenvalue weighted by Gasteiger charge is -2.17. The third kappa shape index (κ3) is 1.98. The van der Waals surface area contributed by atoms with Crippen LogP contribution in [-0.4, -0.2) is 9.78 Å². The molecule has 1 heterocycles. The first kappa shape index (κ1) is 11.2. The van der Waals surface area contributed by atoms with E-state index in [0.29, 0.717) is 18.5 Å². The number of hydrogen-bond acceptors (Lipinski definition) is 2. The summed E-state index contributed by atoms with van der Waals surface area (Å²) in [5, 5.41) is 4.42. The van der Waals surface area contributed by atoms with Crippen LogP contribution in [0.2, 0.25) is 0 Å². The van der Waals surface area contributed by atoms with Crippen LogP contribution in [0.15, 0.2) is 6.20 Å². The summed E-state index contributed by atoms with van der Waals surface area (Å²) in [6.07, 6.45) is 3.01. The Morgan fingerprint density at radius 3 is 2.50 bits per heavy atom. The molecule has 0 spiro atoms. The molecule has 0 radical (unpaired) electrons. The molecule has 0 fully saturated rings. The minimum absolute atomic E-state index is 0.465. The molecule has 1 aromatic rings. The van der Waals surface area contributed by atoms with Crippen LogP contribution in [0.1, 0.15) is 57.3 Å². The smallest absolute Gasteiger partial charge is 0.0537 e. The van der Waals surface area contributed by atoms with Gasteiger partial charge < -0.3 is 5.73 Å². The van der Waals surface area contributed by atoms with E-state index in [1.807, 2.05) is 6.20 Å². The van der Waals surface area contributed by atoms with Crippen LogP contribution in [0.3, 0.4) is 0 Å². The van der Waals surface area contributed by atoms with E-state index in [-0.39, 0.29) is 0 Å². The Morgan fingerprint density at radius 1 is 1.43 bits per heavy atom. The molecule has 2 N–H and O–H groups in total. The van der Waals surface area contributed by atoms with E-state index in [2.05, 4.69) is 37.5 Å². The maximum Gasteiger partial charge on any atom is 0.0537 e. The first-order valence-electron chi connectivity index (χ1n) is 5.38. The Bertz CT molecular complexity index is 289. The Kier molecular flexibility index (Phi) is 3.69. The zero-order chi connectivity index (χ0) is 10.7. The zero-order valence-electron chi connectivity index (χ0n) is 9.62. The molecule has 14 heavy (non-hydrogen) atoms. The second-order valence-electron chi connectivity index (χ2n) is 4.12. The van der Waals surface area contributed by atoms with Crippen molar-refractivity contribution in [2.45, 2.75) is 52.6 Å². The molecule has 3 nitrogen and oxygen atoms in total. The SMILES string of the molecule is CCC(C)n1ncc(CN)c1C(C)C. The summed E-state index contributed by atoms with van der Waals surface area (Å²) >= 11 is 0. The van der Waals surface area contributed by atoms with Crippen molar-refractivity contribution in [3.63, 3.8) is 0 Å². The fraction of sp³-hybridized carbons (Fsp3) is 0.727. The van der Waals surface area contributed by atoms with Crippen LogP contribution in [0.5, 0.6) is 0 Å². The van der Waals surface area contributed by atoms with E-state index in [0.717, 1.165) is 6.42 Å². The van der Waals surface area contributed by atoms with Gasteiger partial charge in [-0.15, -0.1) is 0 Å². The standard InChI is InChI=1S/C11H21N3/c1-5-9(4)14-11(8(2)3)10(6-12)7-13-14/h7-9H,5-6,12H2,1-4H3. The predicted molar refractivity (Wildman–Crippen MR) is 59.2 cm³/mol. The Balaban J connectivity index is 3.10. The Hall–Kier alpha value is -0.830. The Labute approximate surface area is 86.3 Å². The number of aromatic nitrogens is 2. The maximum atomic E-state index is 5.69. The molecule has 1 unspecified atom stereocenters. The first-order valence-corrected chi connectivity index (χ1v) is 5.38. The van der Waals surface area contributed by atoms with Crippen molar-refractivity contribution >= 4 is 0 Å². The van der Waals surface area contributed by atoms with Gasteiger partial charge in [-0.25, -0.2) is 0 Å². The summed E-state index contributed by atoms with van der Waals surface area (Å²) in [5.41, 5.74) is 8.16. The van der Waals surface area contributed by atoms with E-state index in [1.54, 1.807) is 0 Å². The van der Waals surface area contributed by atoms with Gasteiger partial charge in [0.25, 0.3) is 0 Å². The highest BCUT2D eigenvalue weighted by Crippen LogP contribution is 2.23. The van der Waals surface area contributed by atoms with Gasteiger partial charge >= 0.3 is 0 Å². The molecule has 0 aliphatic carbocycles. The molecule has 1 rings (SSSR count). The van der Waals surface area contributed by atoms with E-state index in [9.17, 15) is 0 Å². The fourth-order valence-electron chi connectivity index (χ4n) is 1.72. The second-order valence-corrected chi connectivity index (χ2v) is 4.12. The fourth-order valence-corrected chi connectivity index (χ4v) is 1.72. The quantitative estimate of drug-likeness (QED) is 0.802. The van der Waals surface area contributed by atoms with Crippen molar-refractivity contribution < 1.29 is 0 Å². The van der Waals surface area contributed by atoms with Crippen LogP contribution < -0.4 is 5.73 Å². The third-order valence-electron chi connectivity index (χ3n) is 2.69. The van der Waals surface area contributed by atoms with Gasteiger partial charge in [0.1, 0.15) is 0 Å². The lowest BCUT2D eigenvalue weighted by atomic mass is 10.1.